The Hall–Kier alpha value is 0.0500. The molecule has 0 aliphatic carbocycles. The van der Waals surface area contributed by atoms with Crippen LogP contribution in [0.5, 0.6) is 0 Å². The summed E-state index contributed by atoms with van der Waals surface area (Å²) in [6.07, 6.45) is 0.770. The predicted octanol–water partition coefficient (Wildman–Crippen LogP) is 2.81. The minimum absolute atomic E-state index is 0.0840. The van der Waals surface area contributed by atoms with E-state index in [-0.39, 0.29) is 17.5 Å². The fourth-order valence-corrected chi connectivity index (χ4v) is 5.88. The number of thiophene rings is 1. The molecule has 104 valence electrons. The maximum Gasteiger partial charge on any atom is 0.245 e. The minimum Gasteiger partial charge on any atom is -0.391 e. The molecule has 1 aromatic heterocycles. The number of sulfonamides is 1. The van der Waals surface area contributed by atoms with Crippen molar-refractivity contribution < 1.29 is 13.5 Å². The number of hydrogen-bond donors (Lipinski definition) is 1. The van der Waals surface area contributed by atoms with Crippen molar-refractivity contribution in [1.29, 1.82) is 0 Å². The highest BCUT2D eigenvalue weighted by Gasteiger charge is 2.29. The first-order valence-electron chi connectivity index (χ1n) is 5.75. The van der Waals surface area contributed by atoms with Crippen molar-refractivity contribution >= 4 is 37.3 Å². The Morgan fingerprint density at radius 1 is 1.50 bits per heavy atom. The van der Waals surface area contributed by atoms with Gasteiger partial charge in [-0.25, -0.2) is 8.42 Å². The topological polar surface area (TPSA) is 57.6 Å². The fourth-order valence-electron chi connectivity index (χ4n) is 1.65. The number of rotatable bonds is 6. The lowest BCUT2D eigenvalue weighted by Gasteiger charge is -2.25. The van der Waals surface area contributed by atoms with Gasteiger partial charge in [0.05, 0.1) is 10.4 Å². The van der Waals surface area contributed by atoms with Gasteiger partial charge in [0.25, 0.3) is 0 Å². The molecule has 1 heterocycles. The molecule has 0 bridgehead atoms. The number of aliphatic hydroxyl groups excluding tert-OH is 1. The van der Waals surface area contributed by atoms with Gasteiger partial charge in [0.1, 0.15) is 4.90 Å². The van der Waals surface area contributed by atoms with Crippen LogP contribution in [0.3, 0.4) is 0 Å². The second-order valence-corrected chi connectivity index (χ2v) is 8.53. The zero-order chi connectivity index (χ0) is 13.9. The van der Waals surface area contributed by atoms with Crippen LogP contribution in [0.2, 0.25) is 0 Å². The highest BCUT2D eigenvalue weighted by atomic mass is 79.9. The SMILES string of the molecule is CCCN(C(C)C)S(=O)(=O)c1cc(CO)sc1Br. The van der Waals surface area contributed by atoms with E-state index in [2.05, 4.69) is 15.9 Å². The second-order valence-electron chi connectivity index (χ2n) is 4.22. The molecule has 0 fully saturated rings. The maximum atomic E-state index is 12.5. The monoisotopic (exact) mass is 355 g/mol. The number of aliphatic hydroxyl groups is 1. The van der Waals surface area contributed by atoms with Gasteiger partial charge in [0, 0.05) is 17.5 Å². The molecule has 4 nitrogen and oxygen atoms in total. The average molecular weight is 356 g/mol. The van der Waals surface area contributed by atoms with E-state index in [4.69, 9.17) is 5.11 Å². The summed E-state index contributed by atoms with van der Waals surface area (Å²) in [5.74, 6) is 0. The third-order valence-corrected chi connectivity index (χ3v) is 6.78. The summed E-state index contributed by atoms with van der Waals surface area (Å²) in [5, 5.41) is 9.07. The van der Waals surface area contributed by atoms with Gasteiger partial charge in [0.2, 0.25) is 10.0 Å². The van der Waals surface area contributed by atoms with Crippen LogP contribution in [-0.4, -0.2) is 30.4 Å². The lowest BCUT2D eigenvalue weighted by atomic mass is 10.4. The highest BCUT2D eigenvalue weighted by molar-refractivity contribution is 9.11. The summed E-state index contributed by atoms with van der Waals surface area (Å²) in [6, 6.07) is 1.45. The van der Waals surface area contributed by atoms with Crippen molar-refractivity contribution in [3.05, 3.63) is 14.7 Å². The number of nitrogens with zero attached hydrogens (tertiary/aromatic N) is 1. The van der Waals surface area contributed by atoms with Gasteiger partial charge in [-0.05, 0) is 42.3 Å². The van der Waals surface area contributed by atoms with Gasteiger partial charge in [0.15, 0.2) is 0 Å². The van der Waals surface area contributed by atoms with Crippen LogP contribution in [0.1, 0.15) is 32.1 Å². The zero-order valence-electron chi connectivity index (χ0n) is 10.7. The number of halogens is 1. The van der Waals surface area contributed by atoms with Gasteiger partial charge in [-0.3, -0.25) is 0 Å². The van der Waals surface area contributed by atoms with Crippen molar-refractivity contribution in [2.45, 2.75) is 44.7 Å². The molecule has 0 atom stereocenters. The Labute approximate surface area is 121 Å². The van der Waals surface area contributed by atoms with E-state index < -0.39 is 10.0 Å². The largest absolute Gasteiger partial charge is 0.391 e. The van der Waals surface area contributed by atoms with Crippen LogP contribution in [0.4, 0.5) is 0 Å². The van der Waals surface area contributed by atoms with Crippen molar-refractivity contribution in [3.63, 3.8) is 0 Å². The fraction of sp³-hybridized carbons (Fsp3) is 0.636. The molecule has 1 N–H and O–H groups in total. The molecular weight excluding hydrogens is 338 g/mol. The van der Waals surface area contributed by atoms with E-state index in [1.807, 2.05) is 20.8 Å². The summed E-state index contributed by atoms with van der Waals surface area (Å²) in [7, 11) is -3.50. The Balaban J connectivity index is 3.21. The molecule has 18 heavy (non-hydrogen) atoms. The molecule has 0 radical (unpaired) electrons. The van der Waals surface area contributed by atoms with E-state index in [0.717, 1.165) is 6.42 Å². The molecule has 1 rings (SSSR count). The first kappa shape index (κ1) is 16.1. The third-order valence-electron chi connectivity index (χ3n) is 2.47. The summed E-state index contributed by atoms with van der Waals surface area (Å²) < 4.78 is 27.1. The molecule has 0 aliphatic heterocycles. The van der Waals surface area contributed by atoms with Crippen molar-refractivity contribution in [3.8, 4) is 0 Å². The van der Waals surface area contributed by atoms with Gasteiger partial charge in [-0.2, -0.15) is 4.31 Å². The van der Waals surface area contributed by atoms with Gasteiger partial charge < -0.3 is 5.11 Å². The van der Waals surface area contributed by atoms with E-state index in [1.165, 1.54) is 21.7 Å². The first-order chi connectivity index (χ1) is 8.34. The van der Waals surface area contributed by atoms with Crippen molar-refractivity contribution in [1.82, 2.24) is 4.31 Å². The lowest BCUT2D eigenvalue weighted by Crippen LogP contribution is -2.37. The summed E-state index contributed by atoms with van der Waals surface area (Å²) in [4.78, 5) is 0.888. The van der Waals surface area contributed by atoms with Gasteiger partial charge in [-0.1, -0.05) is 6.92 Å². The molecule has 0 amide bonds. The number of hydrogen-bond acceptors (Lipinski definition) is 4. The van der Waals surface area contributed by atoms with Crippen LogP contribution >= 0.6 is 27.3 Å². The lowest BCUT2D eigenvalue weighted by molar-refractivity contribution is 0.285. The Morgan fingerprint density at radius 3 is 2.50 bits per heavy atom. The molecule has 7 heteroatoms. The molecule has 0 aromatic carbocycles. The first-order valence-corrected chi connectivity index (χ1v) is 8.80. The van der Waals surface area contributed by atoms with Crippen molar-refractivity contribution in [2.75, 3.05) is 6.54 Å². The van der Waals surface area contributed by atoms with E-state index in [9.17, 15) is 8.42 Å². The van der Waals surface area contributed by atoms with Crippen molar-refractivity contribution in [2.24, 2.45) is 0 Å². The smallest absolute Gasteiger partial charge is 0.245 e. The quantitative estimate of drug-likeness (QED) is 0.853. The Bertz CT molecular complexity index is 496. The van der Waals surface area contributed by atoms with Crippen LogP contribution in [0.15, 0.2) is 14.7 Å². The highest BCUT2D eigenvalue weighted by Crippen LogP contribution is 2.34. The average Bonchev–Trinajstić information content (AvgIpc) is 2.67. The second kappa shape index (κ2) is 6.47. The van der Waals surface area contributed by atoms with Crippen LogP contribution in [-0.2, 0) is 16.6 Å². The summed E-state index contributed by atoms with van der Waals surface area (Å²) >= 11 is 4.51. The van der Waals surface area contributed by atoms with E-state index in [0.29, 0.717) is 15.2 Å². The molecule has 0 spiro atoms. The van der Waals surface area contributed by atoms with Gasteiger partial charge in [-0.15, -0.1) is 11.3 Å². The molecule has 0 saturated carbocycles. The summed E-state index contributed by atoms with van der Waals surface area (Å²) in [6.45, 7) is 6.03. The Kier molecular flexibility index (Phi) is 5.79. The van der Waals surface area contributed by atoms with Crippen LogP contribution in [0.25, 0.3) is 0 Å². The minimum atomic E-state index is -3.50. The zero-order valence-corrected chi connectivity index (χ0v) is 13.9. The predicted molar refractivity (Wildman–Crippen MR) is 77.3 cm³/mol. The molecule has 0 aliphatic rings. The van der Waals surface area contributed by atoms with E-state index >= 15 is 0 Å². The summed E-state index contributed by atoms with van der Waals surface area (Å²) in [5.41, 5.74) is 0. The van der Waals surface area contributed by atoms with E-state index in [1.54, 1.807) is 0 Å². The normalized spacial score (nSPS) is 12.6. The van der Waals surface area contributed by atoms with Crippen LogP contribution in [0, 0.1) is 0 Å². The standard InChI is InChI=1S/C11H18BrNO3S2/c1-4-5-13(8(2)3)18(15,16)10-6-9(7-14)17-11(10)12/h6,8,14H,4-5,7H2,1-3H3. The molecule has 1 aromatic rings. The molecular formula is C11H18BrNO3S2. The Morgan fingerprint density at radius 2 is 2.11 bits per heavy atom. The van der Waals surface area contributed by atoms with Gasteiger partial charge >= 0.3 is 0 Å². The maximum absolute atomic E-state index is 12.5. The van der Waals surface area contributed by atoms with Crippen LogP contribution < -0.4 is 0 Å². The molecule has 0 unspecified atom stereocenters. The third kappa shape index (κ3) is 3.33. The molecule has 0 saturated heterocycles.